The van der Waals surface area contributed by atoms with Gasteiger partial charge in [-0.25, -0.2) is 0 Å². The van der Waals surface area contributed by atoms with Crippen molar-refractivity contribution in [3.05, 3.63) is 230 Å². The van der Waals surface area contributed by atoms with Crippen molar-refractivity contribution < 1.29 is 6.85 Å². The summed E-state index contributed by atoms with van der Waals surface area (Å²) in [5.74, 6) is 0. The molecule has 0 bridgehead atoms. The first-order chi connectivity index (χ1) is 30.9. The van der Waals surface area contributed by atoms with Crippen molar-refractivity contribution in [2.45, 2.75) is 0 Å². The summed E-state index contributed by atoms with van der Waals surface area (Å²) in [5, 5.41) is 7.34. The van der Waals surface area contributed by atoms with Crippen LogP contribution in [0.3, 0.4) is 0 Å². The summed E-state index contributed by atoms with van der Waals surface area (Å²) in [4.78, 5) is 2.18. The Hall–Kier alpha value is -7.68. The lowest BCUT2D eigenvalue weighted by molar-refractivity contribution is 1.19. The minimum Gasteiger partial charge on any atom is -0.311 e. The highest BCUT2D eigenvalue weighted by molar-refractivity contribution is 6.32. The third kappa shape index (κ3) is 5.74. The van der Waals surface area contributed by atoms with Crippen molar-refractivity contribution in [2.75, 3.05) is 4.90 Å². The van der Waals surface area contributed by atoms with Crippen molar-refractivity contribution in [1.29, 1.82) is 0 Å². The van der Waals surface area contributed by atoms with Crippen molar-refractivity contribution >= 4 is 60.4 Å². The van der Waals surface area contributed by atoms with E-state index >= 15 is 0 Å². The zero-order chi connectivity index (χ0) is 42.8. The van der Waals surface area contributed by atoms with Gasteiger partial charge in [-0.3, -0.25) is 0 Å². The molecular formula is C56H38N2. The van der Waals surface area contributed by atoms with E-state index in [4.69, 9.17) is 6.85 Å². The summed E-state index contributed by atoms with van der Waals surface area (Å²) in [6, 6.07) is 68.3. The molecule has 0 aliphatic carbocycles. The molecule has 2 heteroatoms. The van der Waals surface area contributed by atoms with E-state index in [2.05, 4.69) is 167 Å². The third-order valence-electron chi connectivity index (χ3n) is 11.3. The van der Waals surface area contributed by atoms with Crippen LogP contribution >= 0.6 is 0 Å². The van der Waals surface area contributed by atoms with E-state index < -0.39 is 6.04 Å². The molecule has 0 aliphatic heterocycles. The van der Waals surface area contributed by atoms with E-state index in [0.29, 0.717) is 5.56 Å². The molecule has 0 amide bonds. The van der Waals surface area contributed by atoms with Crippen molar-refractivity contribution in [2.24, 2.45) is 0 Å². The standard InChI is InChI=1S/C56H38N2/c1-4-14-39(15-5-1)41-24-31-46(32-25-41)57(47-33-26-42(27-34-47)40-16-6-2-7-17-40)48-35-28-43(29-36-48)44-30-37-54-53(38-44)55-51-22-12-10-20-49(51)50-21-11-13-23-52(50)56(55)58(54)45-18-8-3-9-19-45/h1-38H/i1D,4D,5D,14D,15D. The molecule has 2 nitrogen and oxygen atoms in total. The topological polar surface area (TPSA) is 8.17 Å². The summed E-state index contributed by atoms with van der Waals surface area (Å²) in [5.41, 5.74) is 11.4. The zero-order valence-electron chi connectivity index (χ0n) is 36.4. The van der Waals surface area contributed by atoms with Crippen LogP contribution in [0.1, 0.15) is 6.85 Å². The van der Waals surface area contributed by atoms with Crippen LogP contribution in [0.5, 0.6) is 0 Å². The Labute approximate surface area is 345 Å². The van der Waals surface area contributed by atoms with Crippen molar-refractivity contribution in [3.8, 4) is 39.1 Å². The van der Waals surface area contributed by atoms with Gasteiger partial charge in [0, 0.05) is 38.9 Å². The van der Waals surface area contributed by atoms with Gasteiger partial charge in [0.1, 0.15) is 0 Å². The Kier molecular flexibility index (Phi) is 6.98. The molecule has 11 aromatic rings. The molecule has 0 atom stereocenters. The van der Waals surface area contributed by atoms with Crippen LogP contribution in [0.2, 0.25) is 0 Å². The fraction of sp³-hybridized carbons (Fsp3) is 0. The van der Waals surface area contributed by atoms with Gasteiger partial charge in [0.2, 0.25) is 0 Å². The minimum absolute atomic E-state index is 0.181. The highest BCUT2D eigenvalue weighted by atomic mass is 15.1. The minimum atomic E-state index is -0.403. The molecule has 1 heterocycles. The van der Waals surface area contributed by atoms with Crippen LogP contribution in [0, 0.1) is 0 Å². The fourth-order valence-electron chi connectivity index (χ4n) is 8.56. The van der Waals surface area contributed by atoms with E-state index in [1.807, 2.05) is 42.5 Å². The van der Waals surface area contributed by atoms with E-state index in [0.717, 1.165) is 50.5 Å². The summed E-state index contributed by atoms with van der Waals surface area (Å²) in [6.07, 6.45) is 0. The summed E-state index contributed by atoms with van der Waals surface area (Å²) in [7, 11) is 0. The fourth-order valence-corrected chi connectivity index (χ4v) is 8.56. The number of hydrogen-bond donors (Lipinski definition) is 0. The second kappa shape index (κ2) is 14.1. The smallest absolute Gasteiger partial charge is 0.0629 e. The van der Waals surface area contributed by atoms with E-state index in [-0.39, 0.29) is 29.7 Å². The van der Waals surface area contributed by atoms with E-state index in [9.17, 15) is 0 Å². The lowest BCUT2D eigenvalue weighted by atomic mass is 9.95. The molecule has 10 aromatic carbocycles. The quantitative estimate of drug-likeness (QED) is 0.148. The summed E-state index contributed by atoms with van der Waals surface area (Å²) < 4.78 is 44.1. The average molecular weight is 744 g/mol. The molecule has 58 heavy (non-hydrogen) atoms. The number of benzene rings is 10. The van der Waals surface area contributed by atoms with Gasteiger partial charge in [0.05, 0.1) is 17.9 Å². The Morgan fingerprint density at radius 3 is 1.40 bits per heavy atom. The maximum Gasteiger partial charge on any atom is 0.0629 e. The Balaban J connectivity index is 1.04. The number of nitrogens with zero attached hydrogens (tertiary/aromatic N) is 2. The molecule has 0 N–H and O–H groups in total. The lowest BCUT2D eigenvalue weighted by Crippen LogP contribution is -2.09. The first-order valence-electron chi connectivity index (χ1n) is 22.0. The maximum atomic E-state index is 8.57. The van der Waals surface area contributed by atoms with E-state index in [1.54, 1.807) is 0 Å². The summed E-state index contributed by atoms with van der Waals surface area (Å²) in [6.45, 7) is 0. The molecule has 0 radical (unpaired) electrons. The molecule has 1 aromatic heterocycles. The van der Waals surface area contributed by atoms with Crippen LogP contribution in [0.25, 0.3) is 82.4 Å². The molecule has 0 unspecified atom stereocenters. The predicted molar refractivity (Wildman–Crippen MR) is 247 cm³/mol. The van der Waals surface area contributed by atoms with Gasteiger partial charge in [-0.1, -0.05) is 170 Å². The molecule has 272 valence electrons. The first-order valence-corrected chi connectivity index (χ1v) is 19.5. The zero-order valence-corrected chi connectivity index (χ0v) is 31.4. The Bertz CT molecular complexity index is 3500. The molecule has 11 rings (SSSR count). The number of rotatable bonds is 7. The van der Waals surface area contributed by atoms with Crippen LogP contribution in [-0.4, -0.2) is 4.57 Å². The molecule has 0 saturated carbocycles. The maximum absolute atomic E-state index is 8.57. The number of hydrogen-bond acceptors (Lipinski definition) is 1. The first kappa shape index (κ1) is 28.7. The van der Waals surface area contributed by atoms with Gasteiger partial charge in [0.15, 0.2) is 0 Å². The van der Waals surface area contributed by atoms with Crippen LogP contribution in [-0.2, 0) is 0 Å². The lowest BCUT2D eigenvalue weighted by Gasteiger charge is -2.26. The van der Waals surface area contributed by atoms with Crippen LogP contribution < -0.4 is 4.90 Å². The Morgan fingerprint density at radius 1 is 0.345 bits per heavy atom. The van der Waals surface area contributed by atoms with E-state index in [1.165, 1.54) is 37.8 Å². The monoisotopic (exact) mass is 743 g/mol. The van der Waals surface area contributed by atoms with Gasteiger partial charge in [-0.15, -0.1) is 0 Å². The van der Waals surface area contributed by atoms with Crippen LogP contribution in [0.15, 0.2) is 230 Å². The second-order valence-electron chi connectivity index (χ2n) is 14.6. The number of aromatic nitrogens is 1. The molecular weight excluding hydrogens is 701 g/mol. The second-order valence-corrected chi connectivity index (χ2v) is 14.6. The molecule has 0 spiro atoms. The van der Waals surface area contributed by atoms with Gasteiger partial charge >= 0.3 is 0 Å². The van der Waals surface area contributed by atoms with Gasteiger partial charge < -0.3 is 9.47 Å². The van der Waals surface area contributed by atoms with Gasteiger partial charge in [-0.05, 0) is 110 Å². The molecule has 0 fully saturated rings. The molecule has 0 aliphatic rings. The highest BCUT2D eigenvalue weighted by Gasteiger charge is 2.20. The number of fused-ring (bicyclic) bond motifs is 8. The number of para-hydroxylation sites is 1. The summed E-state index contributed by atoms with van der Waals surface area (Å²) >= 11 is 0. The third-order valence-corrected chi connectivity index (χ3v) is 11.3. The largest absolute Gasteiger partial charge is 0.311 e. The van der Waals surface area contributed by atoms with Crippen molar-refractivity contribution in [1.82, 2.24) is 4.57 Å². The normalized spacial score (nSPS) is 12.7. The SMILES string of the molecule is [2H]c1c([2H])c([2H])c(-c2ccc(N(c3ccc(-c4ccccc4)cc3)c3ccc(-c4ccc5c(c4)c4c6ccccc6c6ccccc6c4n5-c4ccccc4)cc3)cc2)c([2H])c1[2H]. The highest BCUT2D eigenvalue weighted by Crippen LogP contribution is 2.44. The molecule has 0 saturated heterocycles. The van der Waals surface area contributed by atoms with Gasteiger partial charge in [-0.2, -0.15) is 0 Å². The Morgan fingerprint density at radius 2 is 0.793 bits per heavy atom. The number of anilines is 3. The average Bonchev–Trinajstić information content (AvgIpc) is 3.69. The van der Waals surface area contributed by atoms with Gasteiger partial charge in [0.25, 0.3) is 0 Å². The van der Waals surface area contributed by atoms with Crippen LogP contribution in [0.4, 0.5) is 17.1 Å². The predicted octanol–water partition coefficient (Wildman–Crippen LogP) is 15.6. The van der Waals surface area contributed by atoms with Crippen molar-refractivity contribution in [3.63, 3.8) is 0 Å².